The van der Waals surface area contributed by atoms with E-state index < -0.39 is 8.07 Å². The van der Waals surface area contributed by atoms with Crippen LogP contribution in [-0.4, -0.2) is 35.9 Å². The van der Waals surface area contributed by atoms with Gasteiger partial charge in [0, 0.05) is 38.0 Å². The molecule has 0 amide bonds. The molecule has 0 saturated carbocycles. The highest BCUT2D eigenvalue weighted by Crippen LogP contribution is 2.17. The number of rotatable bonds is 5. The summed E-state index contributed by atoms with van der Waals surface area (Å²) in [5.74, 6) is 5.63. The summed E-state index contributed by atoms with van der Waals surface area (Å²) < 4.78 is 7.75. The van der Waals surface area contributed by atoms with Crippen LogP contribution in [0.1, 0.15) is 5.56 Å². The molecule has 2 rings (SSSR count). The molecule has 0 saturated heterocycles. The number of pyridine rings is 1. The first-order chi connectivity index (χ1) is 10.0. The van der Waals surface area contributed by atoms with E-state index in [9.17, 15) is 0 Å². The number of hydrogen-bond donors (Lipinski definition) is 1. The molecule has 0 aromatic carbocycles. The van der Waals surface area contributed by atoms with E-state index in [4.69, 9.17) is 9.84 Å². The zero-order chi connectivity index (χ0) is 15.3. The first-order valence-corrected chi connectivity index (χ1v) is 10.8. The van der Waals surface area contributed by atoms with Crippen molar-refractivity contribution in [3.05, 3.63) is 30.1 Å². The fraction of sp³-hybridized carbons (Fsp3) is 0.438. The molecule has 2 aromatic rings. The van der Waals surface area contributed by atoms with Crippen molar-refractivity contribution < 1.29 is 9.84 Å². The van der Waals surface area contributed by atoms with E-state index in [0.29, 0.717) is 6.73 Å². The summed E-state index contributed by atoms with van der Waals surface area (Å²) in [6, 6.07) is 5.01. The first-order valence-electron chi connectivity index (χ1n) is 7.12. The van der Waals surface area contributed by atoms with E-state index in [2.05, 4.69) is 36.5 Å². The molecule has 0 unspecified atom stereocenters. The van der Waals surface area contributed by atoms with Gasteiger partial charge in [0.1, 0.15) is 19.0 Å². The summed E-state index contributed by atoms with van der Waals surface area (Å²) in [7, 11) is -1.05. The molecule has 1 N–H and O–H groups in total. The minimum atomic E-state index is -1.05. The van der Waals surface area contributed by atoms with Gasteiger partial charge >= 0.3 is 0 Å². The summed E-state index contributed by atoms with van der Waals surface area (Å²) in [4.78, 5) is 4.40. The van der Waals surface area contributed by atoms with Crippen LogP contribution in [0.4, 0.5) is 0 Å². The summed E-state index contributed by atoms with van der Waals surface area (Å²) >= 11 is 0. The number of aliphatic hydroxyl groups is 1. The summed E-state index contributed by atoms with van der Waals surface area (Å²) in [5, 5.41) is 9.80. The van der Waals surface area contributed by atoms with Gasteiger partial charge in [0.05, 0.1) is 0 Å². The van der Waals surface area contributed by atoms with Crippen molar-refractivity contribution in [1.29, 1.82) is 0 Å². The van der Waals surface area contributed by atoms with Gasteiger partial charge < -0.3 is 14.4 Å². The van der Waals surface area contributed by atoms with Crippen LogP contribution in [-0.2, 0) is 11.5 Å². The molecule has 0 aliphatic carbocycles. The SMILES string of the molecule is C[Si](C)(C)CCOCn1ccc2c(C#CCO)ccnc21. The Morgan fingerprint density at radius 3 is 2.86 bits per heavy atom. The Balaban J connectivity index is 2.08. The van der Waals surface area contributed by atoms with E-state index in [0.717, 1.165) is 29.2 Å². The Hall–Kier alpha value is -1.61. The normalized spacial score (nSPS) is 11.4. The molecule has 21 heavy (non-hydrogen) atoms. The predicted molar refractivity (Wildman–Crippen MR) is 87.8 cm³/mol. The van der Waals surface area contributed by atoms with Crippen LogP contribution in [0, 0.1) is 11.8 Å². The molecule has 0 aliphatic heterocycles. The average molecular weight is 302 g/mol. The Morgan fingerprint density at radius 1 is 1.33 bits per heavy atom. The molecule has 5 heteroatoms. The molecule has 112 valence electrons. The van der Waals surface area contributed by atoms with Gasteiger partial charge in [-0.05, 0) is 18.2 Å². The third-order valence-corrected chi connectivity index (χ3v) is 4.90. The fourth-order valence-corrected chi connectivity index (χ4v) is 2.74. The maximum Gasteiger partial charge on any atom is 0.142 e. The van der Waals surface area contributed by atoms with Crippen LogP contribution < -0.4 is 0 Å². The van der Waals surface area contributed by atoms with Gasteiger partial charge in [-0.1, -0.05) is 31.5 Å². The monoisotopic (exact) mass is 302 g/mol. The van der Waals surface area contributed by atoms with Gasteiger partial charge in [-0.25, -0.2) is 4.98 Å². The van der Waals surface area contributed by atoms with Crippen molar-refractivity contribution >= 4 is 19.1 Å². The Kier molecular flexibility index (Phi) is 5.18. The molecule has 0 atom stereocenters. The van der Waals surface area contributed by atoms with Gasteiger partial charge in [0.25, 0.3) is 0 Å². The largest absolute Gasteiger partial charge is 0.384 e. The quantitative estimate of drug-likeness (QED) is 0.525. The zero-order valence-electron chi connectivity index (χ0n) is 12.9. The van der Waals surface area contributed by atoms with Crippen molar-refractivity contribution in [3.63, 3.8) is 0 Å². The van der Waals surface area contributed by atoms with Gasteiger partial charge in [0.2, 0.25) is 0 Å². The van der Waals surface area contributed by atoms with Crippen molar-refractivity contribution in [3.8, 4) is 11.8 Å². The molecule has 2 aromatic heterocycles. The highest BCUT2D eigenvalue weighted by molar-refractivity contribution is 6.76. The molecule has 0 fully saturated rings. The first kappa shape index (κ1) is 15.8. The number of aromatic nitrogens is 2. The predicted octanol–water partition coefficient (Wildman–Crippen LogP) is 2.69. The number of fused-ring (bicyclic) bond motifs is 1. The lowest BCUT2D eigenvalue weighted by Gasteiger charge is -2.15. The number of nitrogens with zero attached hydrogens (tertiary/aromatic N) is 2. The van der Waals surface area contributed by atoms with Gasteiger partial charge in [0.15, 0.2) is 0 Å². The van der Waals surface area contributed by atoms with Gasteiger partial charge in [-0.3, -0.25) is 0 Å². The maximum atomic E-state index is 8.80. The molecule has 0 radical (unpaired) electrons. The lowest BCUT2D eigenvalue weighted by atomic mass is 10.2. The molecule has 0 aliphatic rings. The second-order valence-corrected chi connectivity index (χ2v) is 11.8. The molecule has 0 bridgehead atoms. The van der Waals surface area contributed by atoms with Crippen LogP contribution in [0.25, 0.3) is 11.0 Å². The topological polar surface area (TPSA) is 47.3 Å². The highest BCUT2D eigenvalue weighted by Gasteiger charge is 2.12. The van der Waals surface area contributed by atoms with Crippen molar-refractivity contribution in [2.45, 2.75) is 32.4 Å². The Morgan fingerprint density at radius 2 is 2.14 bits per heavy atom. The molecule has 0 spiro atoms. The van der Waals surface area contributed by atoms with Gasteiger partial charge in [-0.15, -0.1) is 0 Å². The molecule has 4 nitrogen and oxygen atoms in total. The van der Waals surface area contributed by atoms with Crippen molar-refractivity contribution in [2.75, 3.05) is 13.2 Å². The molecular weight excluding hydrogens is 280 g/mol. The van der Waals surface area contributed by atoms with E-state index in [1.54, 1.807) is 6.20 Å². The fourth-order valence-electron chi connectivity index (χ4n) is 1.98. The van der Waals surface area contributed by atoms with Crippen LogP contribution in [0.5, 0.6) is 0 Å². The second kappa shape index (κ2) is 6.90. The lowest BCUT2D eigenvalue weighted by molar-refractivity contribution is 0.0899. The summed E-state index contributed by atoms with van der Waals surface area (Å²) in [6.45, 7) is 8.20. The van der Waals surface area contributed by atoms with Crippen LogP contribution in [0.15, 0.2) is 24.5 Å². The van der Waals surface area contributed by atoms with E-state index in [1.807, 2.05) is 22.9 Å². The minimum absolute atomic E-state index is 0.135. The highest BCUT2D eigenvalue weighted by atomic mass is 28.3. The molecular formula is C16H22N2O2Si. The standard InChI is InChI=1S/C16H22N2O2Si/c1-21(2,3)12-11-20-13-18-9-7-15-14(5-4-10-19)6-8-17-16(15)18/h6-9,19H,10-13H2,1-3H3. The van der Waals surface area contributed by atoms with Crippen LogP contribution in [0.2, 0.25) is 25.7 Å². The zero-order valence-corrected chi connectivity index (χ0v) is 13.9. The third kappa shape index (κ3) is 4.43. The minimum Gasteiger partial charge on any atom is -0.384 e. The summed E-state index contributed by atoms with van der Waals surface area (Å²) in [6.07, 6.45) is 3.71. The Labute approximate surface area is 126 Å². The van der Waals surface area contributed by atoms with E-state index in [-0.39, 0.29) is 6.61 Å². The van der Waals surface area contributed by atoms with Crippen molar-refractivity contribution in [2.24, 2.45) is 0 Å². The second-order valence-electron chi connectivity index (χ2n) is 6.19. The number of ether oxygens (including phenoxy) is 1. The lowest BCUT2D eigenvalue weighted by Crippen LogP contribution is -2.22. The van der Waals surface area contributed by atoms with Crippen molar-refractivity contribution in [1.82, 2.24) is 9.55 Å². The smallest absolute Gasteiger partial charge is 0.142 e. The van der Waals surface area contributed by atoms with Gasteiger partial charge in [-0.2, -0.15) is 0 Å². The maximum absolute atomic E-state index is 8.80. The average Bonchev–Trinajstić information content (AvgIpc) is 2.84. The van der Waals surface area contributed by atoms with E-state index >= 15 is 0 Å². The number of aliphatic hydroxyl groups excluding tert-OH is 1. The Bertz CT molecular complexity index is 662. The summed E-state index contributed by atoms with van der Waals surface area (Å²) in [5.41, 5.74) is 1.75. The van der Waals surface area contributed by atoms with E-state index in [1.165, 1.54) is 0 Å². The molecule has 2 heterocycles. The van der Waals surface area contributed by atoms with Crippen LogP contribution >= 0.6 is 0 Å². The van der Waals surface area contributed by atoms with Crippen LogP contribution in [0.3, 0.4) is 0 Å². The third-order valence-electron chi connectivity index (χ3n) is 3.19. The number of hydrogen-bond acceptors (Lipinski definition) is 3.